The van der Waals surface area contributed by atoms with E-state index in [2.05, 4.69) is 32.7 Å². The quantitative estimate of drug-likeness (QED) is 0.843. The number of piperidine rings is 1. The molecule has 2 aromatic heterocycles. The lowest BCUT2D eigenvalue weighted by Crippen LogP contribution is -2.39. The van der Waals surface area contributed by atoms with Crippen molar-refractivity contribution in [3.05, 3.63) is 18.7 Å². The molecule has 0 aliphatic carbocycles. The van der Waals surface area contributed by atoms with Crippen LogP contribution in [0, 0.1) is 5.92 Å². The maximum Gasteiger partial charge on any atom is 0.203 e. The normalized spacial score (nSPS) is 21.9. The van der Waals surface area contributed by atoms with E-state index in [1.165, 1.54) is 12.8 Å². The van der Waals surface area contributed by atoms with Crippen molar-refractivity contribution in [2.45, 2.75) is 25.8 Å². The van der Waals surface area contributed by atoms with Crippen molar-refractivity contribution in [3.8, 4) is 0 Å². The third-order valence-electron chi connectivity index (χ3n) is 3.62. The molecule has 3 heterocycles. The van der Waals surface area contributed by atoms with E-state index in [0.29, 0.717) is 12.0 Å². The van der Waals surface area contributed by atoms with Crippen LogP contribution in [-0.4, -0.2) is 38.7 Å². The van der Waals surface area contributed by atoms with Gasteiger partial charge in [-0.2, -0.15) is 0 Å². The van der Waals surface area contributed by atoms with Crippen molar-refractivity contribution < 1.29 is 0 Å². The van der Waals surface area contributed by atoms with Gasteiger partial charge in [-0.15, -0.1) is 10.2 Å². The molecular weight excluding hydrogens is 228 g/mol. The molecule has 96 valence electrons. The summed E-state index contributed by atoms with van der Waals surface area (Å²) in [4.78, 5) is 4.36. The average molecular weight is 246 g/mol. The summed E-state index contributed by atoms with van der Waals surface area (Å²) in [7, 11) is 0. The Morgan fingerprint density at radius 2 is 2.50 bits per heavy atom. The molecule has 0 saturated carbocycles. The minimum absolute atomic E-state index is 0.383. The molecule has 0 spiro atoms. The number of nitrogens with zero attached hydrogens (tertiary/aromatic N) is 4. The lowest BCUT2D eigenvalue weighted by atomic mass is 9.93. The molecule has 2 N–H and O–H groups in total. The summed E-state index contributed by atoms with van der Waals surface area (Å²) in [6, 6.07) is 0.383. The fraction of sp³-hybridized carbons (Fsp3) is 0.583. The minimum Gasteiger partial charge on any atom is -0.364 e. The Balaban J connectivity index is 1.77. The number of nitrogens with one attached hydrogen (secondary N) is 2. The first-order chi connectivity index (χ1) is 8.84. The van der Waals surface area contributed by atoms with E-state index in [0.717, 1.165) is 24.6 Å². The summed E-state index contributed by atoms with van der Waals surface area (Å²) in [6.45, 7) is 4.42. The second-order valence-electron chi connectivity index (χ2n) is 4.88. The third-order valence-corrected chi connectivity index (χ3v) is 3.62. The first-order valence-electron chi connectivity index (χ1n) is 6.46. The van der Waals surface area contributed by atoms with Gasteiger partial charge in [-0.05, 0) is 38.8 Å². The van der Waals surface area contributed by atoms with Crippen LogP contribution in [0.3, 0.4) is 0 Å². The molecule has 1 fully saturated rings. The first-order valence-corrected chi connectivity index (χ1v) is 6.46. The van der Waals surface area contributed by atoms with Crippen molar-refractivity contribution in [1.82, 2.24) is 24.9 Å². The topological polar surface area (TPSA) is 67.1 Å². The number of fused-ring (bicyclic) bond motifs is 1. The van der Waals surface area contributed by atoms with Crippen LogP contribution in [-0.2, 0) is 0 Å². The third kappa shape index (κ3) is 2.15. The smallest absolute Gasteiger partial charge is 0.203 e. The molecule has 3 rings (SSSR count). The monoisotopic (exact) mass is 246 g/mol. The lowest BCUT2D eigenvalue weighted by Gasteiger charge is -2.29. The predicted octanol–water partition coefficient (Wildman–Crippen LogP) is 0.924. The van der Waals surface area contributed by atoms with Crippen LogP contribution in [0.25, 0.3) is 5.65 Å². The zero-order valence-corrected chi connectivity index (χ0v) is 10.5. The highest BCUT2D eigenvalue weighted by atomic mass is 15.2. The minimum atomic E-state index is 0.383. The zero-order valence-electron chi connectivity index (χ0n) is 10.5. The molecule has 0 bridgehead atoms. The number of hydrogen-bond acceptors (Lipinski definition) is 5. The molecule has 0 radical (unpaired) electrons. The van der Waals surface area contributed by atoms with E-state index in [1.807, 2.05) is 10.6 Å². The molecule has 1 aliphatic rings. The summed E-state index contributed by atoms with van der Waals surface area (Å²) < 4.78 is 1.88. The molecule has 1 saturated heterocycles. The van der Waals surface area contributed by atoms with Gasteiger partial charge in [0.1, 0.15) is 6.33 Å². The second-order valence-corrected chi connectivity index (χ2v) is 4.88. The van der Waals surface area contributed by atoms with Crippen molar-refractivity contribution in [1.29, 1.82) is 0 Å². The Morgan fingerprint density at radius 1 is 1.56 bits per heavy atom. The standard InChI is InChI=1S/C12H18N6/c1-9(10-3-2-4-13-7-10)16-11-12-17-15-8-18(12)6-5-14-11/h5-6,8-10,13H,2-4,7H2,1H3,(H,14,16). The van der Waals surface area contributed by atoms with Gasteiger partial charge in [0, 0.05) is 18.4 Å². The van der Waals surface area contributed by atoms with Crippen LogP contribution in [0.5, 0.6) is 0 Å². The molecular formula is C12H18N6. The molecule has 6 nitrogen and oxygen atoms in total. The number of rotatable bonds is 3. The van der Waals surface area contributed by atoms with Crippen molar-refractivity contribution >= 4 is 11.5 Å². The van der Waals surface area contributed by atoms with Gasteiger partial charge < -0.3 is 10.6 Å². The highest BCUT2D eigenvalue weighted by molar-refractivity contribution is 5.61. The van der Waals surface area contributed by atoms with Gasteiger partial charge in [-0.1, -0.05) is 0 Å². The van der Waals surface area contributed by atoms with Crippen LogP contribution in [0.15, 0.2) is 18.7 Å². The van der Waals surface area contributed by atoms with Crippen molar-refractivity contribution in [2.24, 2.45) is 5.92 Å². The Kier molecular flexibility index (Phi) is 3.10. The van der Waals surface area contributed by atoms with Crippen LogP contribution >= 0.6 is 0 Å². The number of hydrogen-bond donors (Lipinski definition) is 2. The molecule has 2 aromatic rings. The molecule has 18 heavy (non-hydrogen) atoms. The fourth-order valence-corrected chi connectivity index (χ4v) is 2.50. The number of anilines is 1. The van der Waals surface area contributed by atoms with E-state index in [-0.39, 0.29) is 0 Å². The van der Waals surface area contributed by atoms with Crippen molar-refractivity contribution in [3.63, 3.8) is 0 Å². The molecule has 2 atom stereocenters. The van der Waals surface area contributed by atoms with Gasteiger partial charge in [-0.3, -0.25) is 4.40 Å². The van der Waals surface area contributed by atoms with E-state index in [1.54, 1.807) is 12.5 Å². The highest BCUT2D eigenvalue weighted by Gasteiger charge is 2.20. The van der Waals surface area contributed by atoms with Crippen LogP contribution < -0.4 is 10.6 Å². The Hall–Kier alpha value is -1.69. The van der Waals surface area contributed by atoms with Crippen LogP contribution in [0.1, 0.15) is 19.8 Å². The Labute approximate surface area is 106 Å². The summed E-state index contributed by atoms with van der Waals surface area (Å²) >= 11 is 0. The maximum absolute atomic E-state index is 4.36. The lowest BCUT2D eigenvalue weighted by molar-refractivity contribution is 0.346. The predicted molar refractivity (Wildman–Crippen MR) is 69.5 cm³/mol. The molecule has 0 amide bonds. The highest BCUT2D eigenvalue weighted by Crippen LogP contribution is 2.19. The van der Waals surface area contributed by atoms with Gasteiger partial charge >= 0.3 is 0 Å². The molecule has 1 aliphatic heterocycles. The first kappa shape index (κ1) is 11.4. The summed E-state index contributed by atoms with van der Waals surface area (Å²) in [5.41, 5.74) is 0.785. The maximum atomic E-state index is 4.36. The Bertz CT molecular complexity index is 516. The largest absolute Gasteiger partial charge is 0.364 e. The second kappa shape index (κ2) is 4.89. The van der Waals surface area contributed by atoms with E-state index < -0.39 is 0 Å². The van der Waals surface area contributed by atoms with Gasteiger partial charge in [0.2, 0.25) is 5.65 Å². The van der Waals surface area contributed by atoms with E-state index in [9.17, 15) is 0 Å². The van der Waals surface area contributed by atoms with Gasteiger partial charge in [0.15, 0.2) is 5.82 Å². The summed E-state index contributed by atoms with van der Waals surface area (Å²) in [5.74, 6) is 1.46. The zero-order chi connectivity index (χ0) is 12.4. The van der Waals surface area contributed by atoms with Crippen LogP contribution in [0.2, 0.25) is 0 Å². The van der Waals surface area contributed by atoms with Gasteiger partial charge in [0.05, 0.1) is 0 Å². The SMILES string of the molecule is CC(Nc1nccn2cnnc12)C1CCCNC1. The molecule has 2 unspecified atom stereocenters. The van der Waals surface area contributed by atoms with Gasteiger partial charge in [0.25, 0.3) is 0 Å². The molecule has 0 aromatic carbocycles. The van der Waals surface area contributed by atoms with Crippen molar-refractivity contribution in [2.75, 3.05) is 18.4 Å². The summed E-state index contributed by atoms with van der Waals surface area (Å²) in [6.07, 6.45) is 7.82. The average Bonchev–Trinajstić information content (AvgIpc) is 2.89. The number of aromatic nitrogens is 4. The fourth-order valence-electron chi connectivity index (χ4n) is 2.50. The van der Waals surface area contributed by atoms with Gasteiger partial charge in [-0.25, -0.2) is 4.98 Å². The van der Waals surface area contributed by atoms with E-state index in [4.69, 9.17) is 0 Å². The molecule has 6 heteroatoms. The van der Waals surface area contributed by atoms with E-state index >= 15 is 0 Å². The van der Waals surface area contributed by atoms with Crippen LogP contribution in [0.4, 0.5) is 5.82 Å². The Morgan fingerprint density at radius 3 is 3.33 bits per heavy atom. The summed E-state index contributed by atoms with van der Waals surface area (Å²) in [5, 5.41) is 14.9.